The molecule has 0 bridgehead atoms. The summed E-state index contributed by atoms with van der Waals surface area (Å²) in [5.74, 6) is 0.935. The molecule has 0 N–H and O–H groups in total. The molecule has 2 aromatic rings. The molecule has 0 aliphatic carbocycles. The zero-order chi connectivity index (χ0) is 14.7. The van der Waals surface area contributed by atoms with Crippen LogP contribution in [0, 0.1) is 0 Å². The highest BCUT2D eigenvalue weighted by atomic mass is 16.5. The van der Waals surface area contributed by atoms with Gasteiger partial charge in [0.05, 0.1) is 18.7 Å². The summed E-state index contributed by atoms with van der Waals surface area (Å²) in [4.78, 5) is 6.67. The molecule has 1 aliphatic heterocycles. The second-order valence-corrected chi connectivity index (χ2v) is 5.78. The van der Waals surface area contributed by atoms with E-state index in [1.165, 1.54) is 5.56 Å². The zero-order valence-electron chi connectivity index (χ0n) is 12.7. The van der Waals surface area contributed by atoms with Crippen LogP contribution in [-0.2, 0) is 11.2 Å². The third-order valence-corrected chi connectivity index (χ3v) is 3.82. The Bertz CT molecular complexity index is 602. The molecule has 1 fully saturated rings. The molecule has 112 valence electrons. The largest absolute Gasteiger partial charge is 0.487 e. The van der Waals surface area contributed by atoms with Crippen molar-refractivity contribution in [3.63, 3.8) is 0 Å². The Labute approximate surface area is 125 Å². The van der Waals surface area contributed by atoms with Crippen molar-refractivity contribution in [3.05, 3.63) is 36.0 Å². The van der Waals surface area contributed by atoms with Crippen molar-refractivity contribution in [2.24, 2.45) is 0 Å². The van der Waals surface area contributed by atoms with Gasteiger partial charge in [0.2, 0.25) is 0 Å². The molecule has 1 aliphatic rings. The molecular weight excluding hydrogens is 264 g/mol. The van der Waals surface area contributed by atoms with Crippen LogP contribution in [0.4, 0.5) is 0 Å². The lowest BCUT2D eigenvalue weighted by molar-refractivity contribution is 0.142. The number of benzene rings is 1. The molecule has 1 atom stereocenters. The highest BCUT2D eigenvalue weighted by molar-refractivity contribution is 5.88. The molecule has 0 saturated carbocycles. The fourth-order valence-electron chi connectivity index (χ4n) is 2.68. The predicted octanol–water partition coefficient (Wildman–Crippen LogP) is 2.51. The Morgan fingerprint density at radius 1 is 1.33 bits per heavy atom. The van der Waals surface area contributed by atoms with E-state index >= 15 is 0 Å². The number of pyridine rings is 1. The summed E-state index contributed by atoms with van der Waals surface area (Å²) in [5, 5.41) is 1.15. The fourth-order valence-corrected chi connectivity index (χ4v) is 2.68. The van der Waals surface area contributed by atoms with Gasteiger partial charge in [-0.1, -0.05) is 6.07 Å². The van der Waals surface area contributed by atoms with E-state index in [4.69, 9.17) is 9.47 Å². The lowest BCUT2D eigenvalue weighted by Crippen LogP contribution is -2.17. The minimum absolute atomic E-state index is 0.164. The van der Waals surface area contributed by atoms with Crippen molar-refractivity contribution in [3.8, 4) is 5.75 Å². The Kier molecular flexibility index (Phi) is 4.36. The van der Waals surface area contributed by atoms with Crippen LogP contribution in [-0.4, -0.2) is 49.8 Å². The van der Waals surface area contributed by atoms with Crippen LogP contribution in [0.25, 0.3) is 10.9 Å². The molecule has 0 radical (unpaired) electrons. The number of likely N-dealkylation sites (N-methyl/N-ethyl adjacent to an activating group) is 1. The molecule has 1 aromatic carbocycles. The Balaban J connectivity index is 1.94. The third-order valence-electron chi connectivity index (χ3n) is 3.82. The van der Waals surface area contributed by atoms with Crippen LogP contribution in [0.5, 0.6) is 5.75 Å². The second-order valence-electron chi connectivity index (χ2n) is 5.78. The van der Waals surface area contributed by atoms with Gasteiger partial charge < -0.3 is 14.4 Å². The minimum atomic E-state index is 0.164. The lowest BCUT2D eigenvalue weighted by atomic mass is 10.1. The van der Waals surface area contributed by atoms with Gasteiger partial charge in [-0.05, 0) is 44.3 Å². The summed E-state index contributed by atoms with van der Waals surface area (Å²) in [6.45, 7) is 2.49. The molecule has 2 heterocycles. The maximum atomic E-state index is 6.16. The average Bonchev–Trinajstić information content (AvgIpc) is 2.98. The van der Waals surface area contributed by atoms with Gasteiger partial charge in [-0.2, -0.15) is 0 Å². The molecule has 0 amide bonds. The topological polar surface area (TPSA) is 34.6 Å². The zero-order valence-corrected chi connectivity index (χ0v) is 12.7. The van der Waals surface area contributed by atoms with Gasteiger partial charge in [0, 0.05) is 24.5 Å². The SMILES string of the molecule is CN(C)CCc1ccnc2cccc(O[C@H]3CCOC3)c12. The molecular formula is C17H22N2O2. The summed E-state index contributed by atoms with van der Waals surface area (Å²) in [5.41, 5.74) is 2.30. The molecule has 0 spiro atoms. The van der Waals surface area contributed by atoms with E-state index in [1.807, 2.05) is 24.4 Å². The highest BCUT2D eigenvalue weighted by Gasteiger charge is 2.19. The average molecular weight is 286 g/mol. The van der Waals surface area contributed by atoms with Gasteiger partial charge in [0.15, 0.2) is 0 Å². The van der Waals surface area contributed by atoms with Gasteiger partial charge in [-0.25, -0.2) is 0 Å². The second kappa shape index (κ2) is 6.41. The van der Waals surface area contributed by atoms with Crippen molar-refractivity contribution in [2.75, 3.05) is 33.9 Å². The van der Waals surface area contributed by atoms with Crippen LogP contribution < -0.4 is 4.74 Å². The third kappa shape index (κ3) is 3.34. The summed E-state index contributed by atoms with van der Waals surface area (Å²) in [6, 6.07) is 8.20. The minimum Gasteiger partial charge on any atom is -0.487 e. The van der Waals surface area contributed by atoms with Gasteiger partial charge in [0.25, 0.3) is 0 Å². The Hall–Kier alpha value is -1.65. The first-order valence-electron chi connectivity index (χ1n) is 7.50. The lowest BCUT2D eigenvalue weighted by Gasteiger charge is -2.17. The number of hydrogen-bond donors (Lipinski definition) is 0. The molecule has 4 nitrogen and oxygen atoms in total. The maximum absolute atomic E-state index is 6.16. The monoisotopic (exact) mass is 286 g/mol. The van der Waals surface area contributed by atoms with E-state index in [-0.39, 0.29) is 6.10 Å². The molecule has 0 unspecified atom stereocenters. The van der Waals surface area contributed by atoms with Crippen molar-refractivity contribution in [1.82, 2.24) is 9.88 Å². The van der Waals surface area contributed by atoms with Crippen molar-refractivity contribution in [2.45, 2.75) is 18.9 Å². The number of rotatable bonds is 5. The first-order chi connectivity index (χ1) is 10.2. The maximum Gasteiger partial charge on any atom is 0.129 e. The van der Waals surface area contributed by atoms with Crippen molar-refractivity contribution >= 4 is 10.9 Å². The Morgan fingerprint density at radius 3 is 3.00 bits per heavy atom. The van der Waals surface area contributed by atoms with Crippen LogP contribution in [0.1, 0.15) is 12.0 Å². The Morgan fingerprint density at radius 2 is 2.24 bits per heavy atom. The molecule has 3 rings (SSSR count). The number of hydrogen-bond acceptors (Lipinski definition) is 4. The van der Waals surface area contributed by atoms with E-state index in [2.05, 4.69) is 30.0 Å². The van der Waals surface area contributed by atoms with Gasteiger partial charge in [-0.3, -0.25) is 4.98 Å². The normalized spacial score (nSPS) is 18.5. The van der Waals surface area contributed by atoms with Crippen LogP contribution in [0.3, 0.4) is 0 Å². The number of aromatic nitrogens is 1. The van der Waals surface area contributed by atoms with Crippen molar-refractivity contribution < 1.29 is 9.47 Å². The summed E-state index contributed by atoms with van der Waals surface area (Å²) in [7, 11) is 4.19. The smallest absolute Gasteiger partial charge is 0.129 e. The first-order valence-corrected chi connectivity index (χ1v) is 7.50. The number of nitrogens with zero attached hydrogens (tertiary/aromatic N) is 2. The summed E-state index contributed by atoms with van der Waals surface area (Å²) >= 11 is 0. The van der Waals surface area contributed by atoms with E-state index in [0.717, 1.165) is 42.6 Å². The molecule has 1 saturated heterocycles. The van der Waals surface area contributed by atoms with E-state index in [9.17, 15) is 0 Å². The van der Waals surface area contributed by atoms with E-state index in [0.29, 0.717) is 6.61 Å². The molecule has 21 heavy (non-hydrogen) atoms. The molecule has 4 heteroatoms. The summed E-state index contributed by atoms with van der Waals surface area (Å²) in [6.07, 6.45) is 4.00. The van der Waals surface area contributed by atoms with Crippen LogP contribution in [0.2, 0.25) is 0 Å². The quantitative estimate of drug-likeness (QED) is 0.846. The number of ether oxygens (including phenoxy) is 2. The van der Waals surface area contributed by atoms with Crippen LogP contribution >= 0.6 is 0 Å². The molecule has 1 aromatic heterocycles. The van der Waals surface area contributed by atoms with Crippen molar-refractivity contribution in [1.29, 1.82) is 0 Å². The standard InChI is InChI=1S/C17H22N2O2/c1-19(2)10-7-13-6-9-18-15-4-3-5-16(17(13)15)21-14-8-11-20-12-14/h3-6,9,14H,7-8,10-12H2,1-2H3/t14-/m0/s1. The van der Waals surface area contributed by atoms with E-state index < -0.39 is 0 Å². The van der Waals surface area contributed by atoms with E-state index in [1.54, 1.807) is 0 Å². The highest BCUT2D eigenvalue weighted by Crippen LogP contribution is 2.30. The number of fused-ring (bicyclic) bond motifs is 1. The van der Waals surface area contributed by atoms with Gasteiger partial charge in [-0.15, -0.1) is 0 Å². The van der Waals surface area contributed by atoms with Gasteiger partial charge in [0.1, 0.15) is 11.9 Å². The summed E-state index contributed by atoms with van der Waals surface area (Å²) < 4.78 is 11.6. The fraction of sp³-hybridized carbons (Fsp3) is 0.471. The van der Waals surface area contributed by atoms with Crippen LogP contribution in [0.15, 0.2) is 30.5 Å². The predicted molar refractivity (Wildman–Crippen MR) is 83.9 cm³/mol. The first kappa shape index (κ1) is 14.3. The van der Waals surface area contributed by atoms with Gasteiger partial charge >= 0.3 is 0 Å².